The van der Waals surface area contributed by atoms with Gasteiger partial charge in [0.2, 0.25) is 0 Å². The summed E-state index contributed by atoms with van der Waals surface area (Å²) in [6.07, 6.45) is 4.67. The van der Waals surface area contributed by atoms with Gasteiger partial charge in [-0.1, -0.05) is 27.7 Å². The molecule has 0 saturated carbocycles. The van der Waals surface area contributed by atoms with Gasteiger partial charge in [0.05, 0.1) is 13.2 Å². The van der Waals surface area contributed by atoms with Crippen LogP contribution in [0.3, 0.4) is 0 Å². The Kier molecular flexibility index (Phi) is 15.4. The first-order chi connectivity index (χ1) is 10.4. The smallest absolute Gasteiger partial charge is 0.0594 e. The number of hydrogen-bond donors (Lipinski definition) is 0. The Labute approximate surface area is 133 Å². The summed E-state index contributed by atoms with van der Waals surface area (Å²) in [6.45, 7) is 18.4. The van der Waals surface area contributed by atoms with Crippen molar-refractivity contribution in [2.24, 2.45) is 0 Å². The van der Waals surface area contributed by atoms with Gasteiger partial charge in [0.25, 0.3) is 0 Å². The maximum Gasteiger partial charge on any atom is 0.0594 e. The van der Waals surface area contributed by atoms with Gasteiger partial charge in [0.1, 0.15) is 0 Å². The Morgan fingerprint density at radius 2 is 1.24 bits per heavy atom. The van der Waals surface area contributed by atoms with Gasteiger partial charge in [0, 0.05) is 39.0 Å². The lowest BCUT2D eigenvalue weighted by molar-refractivity contribution is 0.0380. The van der Waals surface area contributed by atoms with Crippen molar-refractivity contribution in [3.8, 4) is 11.8 Å². The minimum atomic E-state index is 0.931. The van der Waals surface area contributed by atoms with Crippen molar-refractivity contribution in [2.75, 3.05) is 52.5 Å². The van der Waals surface area contributed by atoms with Crippen LogP contribution in [0.2, 0.25) is 0 Å². The molecule has 3 heteroatoms. The average molecular weight is 295 g/mol. The third kappa shape index (κ3) is 11.7. The molecule has 2 heterocycles. The van der Waals surface area contributed by atoms with E-state index in [1.807, 2.05) is 0 Å². The summed E-state index contributed by atoms with van der Waals surface area (Å²) in [6, 6.07) is 0. The predicted octanol–water partition coefficient (Wildman–Crippen LogP) is 3.06. The van der Waals surface area contributed by atoms with Crippen molar-refractivity contribution in [1.82, 2.24) is 9.80 Å². The van der Waals surface area contributed by atoms with Crippen molar-refractivity contribution >= 4 is 0 Å². The summed E-state index contributed by atoms with van der Waals surface area (Å²) in [5.74, 6) is 6.29. The van der Waals surface area contributed by atoms with Gasteiger partial charge in [-0.25, -0.2) is 0 Å². The standard InChI is InChI=1S/C9H15N.C7H15NO.C2H5/c1-2-7-10-8-5-3-4-6-9-10;1-2-3-8-4-6-9-7-5-8;1-2/h2,5-9H2,1H3;2-7H2,1H3;1H2,2H3. The van der Waals surface area contributed by atoms with E-state index in [0.29, 0.717) is 0 Å². The Hall–Kier alpha value is -0.560. The van der Waals surface area contributed by atoms with E-state index in [1.54, 1.807) is 6.92 Å². The first-order valence-corrected chi connectivity index (χ1v) is 8.55. The molecule has 0 spiro atoms. The summed E-state index contributed by atoms with van der Waals surface area (Å²) in [7, 11) is 0. The molecule has 0 aromatic heterocycles. The number of hydrogen-bond acceptors (Lipinski definition) is 3. The first kappa shape index (κ1) is 20.4. The van der Waals surface area contributed by atoms with E-state index < -0.39 is 0 Å². The van der Waals surface area contributed by atoms with E-state index in [9.17, 15) is 0 Å². The lowest BCUT2D eigenvalue weighted by Gasteiger charge is -2.25. The molecule has 2 aliphatic rings. The van der Waals surface area contributed by atoms with Gasteiger partial charge in [-0.3, -0.25) is 4.90 Å². The van der Waals surface area contributed by atoms with Gasteiger partial charge in [-0.15, -0.1) is 11.8 Å². The second-order valence-corrected chi connectivity index (χ2v) is 5.15. The topological polar surface area (TPSA) is 15.7 Å². The quantitative estimate of drug-likeness (QED) is 0.741. The lowest BCUT2D eigenvalue weighted by Crippen LogP contribution is -2.36. The molecule has 0 aromatic carbocycles. The van der Waals surface area contributed by atoms with Crippen LogP contribution in [0.15, 0.2) is 0 Å². The summed E-state index contributed by atoms with van der Waals surface area (Å²) >= 11 is 0. The van der Waals surface area contributed by atoms with Gasteiger partial charge in [-0.05, 0) is 25.9 Å². The second-order valence-electron chi connectivity index (χ2n) is 5.15. The summed E-state index contributed by atoms with van der Waals surface area (Å²) in [4.78, 5) is 4.93. The van der Waals surface area contributed by atoms with Crippen LogP contribution >= 0.6 is 0 Å². The van der Waals surface area contributed by atoms with E-state index >= 15 is 0 Å². The maximum atomic E-state index is 5.20. The van der Waals surface area contributed by atoms with Crippen LogP contribution in [-0.2, 0) is 4.74 Å². The van der Waals surface area contributed by atoms with E-state index in [1.165, 1.54) is 39.0 Å². The Balaban J connectivity index is 0.000000342. The van der Waals surface area contributed by atoms with E-state index in [4.69, 9.17) is 4.74 Å². The van der Waals surface area contributed by atoms with Crippen LogP contribution in [0.4, 0.5) is 0 Å². The molecule has 0 unspecified atom stereocenters. The Bertz CT molecular complexity index is 249. The van der Waals surface area contributed by atoms with Crippen LogP contribution in [0.25, 0.3) is 0 Å². The zero-order chi connectivity index (χ0) is 15.8. The highest BCUT2D eigenvalue weighted by atomic mass is 16.5. The third-order valence-corrected chi connectivity index (χ3v) is 3.41. The number of rotatable bonds is 4. The summed E-state index contributed by atoms with van der Waals surface area (Å²) in [5.41, 5.74) is 0. The van der Waals surface area contributed by atoms with Crippen molar-refractivity contribution in [3.05, 3.63) is 6.92 Å². The molecule has 21 heavy (non-hydrogen) atoms. The van der Waals surface area contributed by atoms with Gasteiger partial charge in [-0.2, -0.15) is 0 Å². The predicted molar refractivity (Wildman–Crippen MR) is 92.3 cm³/mol. The Morgan fingerprint density at radius 1 is 0.810 bits per heavy atom. The molecular formula is C18H35N2O. The molecule has 0 aromatic rings. The monoisotopic (exact) mass is 295 g/mol. The molecule has 0 aliphatic carbocycles. The minimum Gasteiger partial charge on any atom is -0.379 e. The molecule has 123 valence electrons. The SMILES string of the molecule is CCCN1CCC#CCC1.CCCN1CCOCC1.[CH2]C. The molecular weight excluding hydrogens is 260 g/mol. The van der Waals surface area contributed by atoms with E-state index in [0.717, 1.165) is 39.1 Å². The summed E-state index contributed by atoms with van der Waals surface area (Å²) in [5, 5.41) is 0. The molecule has 1 saturated heterocycles. The van der Waals surface area contributed by atoms with Crippen LogP contribution in [0.1, 0.15) is 46.5 Å². The zero-order valence-corrected chi connectivity index (χ0v) is 14.5. The second kappa shape index (κ2) is 15.8. The van der Waals surface area contributed by atoms with Crippen LogP contribution in [0, 0.1) is 18.8 Å². The van der Waals surface area contributed by atoms with Crippen LogP contribution in [0.5, 0.6) is 0 Å². The van der Waals surface area contributed by atoms with Crippen molar-refractivity contribution in [2.45, 2.75) is 46.5 Å². The number of nitrogens with zero attached hydrogens (tertiary/aromatic N) is 2. The normalized spacial score (nSPS) is 19.0. The van der Waals surface area contributed by atoms with Crippen molar-refractivity contribution < 1.29 is 4.74 Å². The van der Waals surface area contributed by atoms with Crippen molar-refractivity contribution in [1.29, 1.82) is 0 Å². The molecule has 2 rings (SSSR count). The molecule has 0 atom stereocenters. The zero-order valence-electron chi connectivity index (χ0n) is 14.5. The molecule has 0 N–H and O–H groups in total. The fourth-order valence-electron chi connectivity index (χ4n) is 2.40. The molecule has 0 amide bonds. The molecule has 0 bridgehead atoms. The number of ether oxygens (including phenoxy) is 1. The van der Waals surface area contributed by atoms with Gasteiger partial charge < -0.3 is 9.64 Å². The fourth-order valence-corrected chi connectivity index (χ4v) is 2.40. The van der Waals surface area contributed by atoms with Gasteiger partial charge >= 0.3 is 0 Å². The maximum absolute atomic E-state index is 5.20. The van der Waals surface area contributed by atoms with E-state index in [2.05, 4.69) is 42.4 Å². The highest BCUT2D eigenvalue weighted by molar-refractivity contribution is 5.01. The summed E-state index contributed by atoms with van der Waals surface area (Å²) < 4.78 is 5.20. The first-order valence-electron chi connectivity index (χ1n) is 8.55. The minimum absolute atomic E-state index is 0.931. The van der Waals surface area contributed by atoms with Gasteiger partial charge in [0.15, 0.2) is 0 Å². The molecule has 3 nitrogen and oxygen atoms in total. The van der Waals surface area contributed by atoms with Crippen LogP contribution in [-0.4, -0.2) is 62.3 Å². The number of morpholine rings is 1. The average Bonchev–Trinajstić information content (AvgIpc) is 2.81. The Morgan fingerprint density at radius 3 is 1.67 bits per heavy atom. The molecule has 1 fully saturated rings. The van der Waals surface area contributed by atoms with Crippen LogP contribution < -0.4 is 0 Å². The highest BCUT2D eigenvalue weighted by Gasteiger charge is 2.07. The third-order valence-electron chi connectivity index (χ3n) is 3.41. The fraction of sp³-hybridized carbons (Fsp3) is 0.833. The lowest BCUT2D eigenvalue weighted by atomic mass is 10.3. The van der Waals surface area contributed by atoms with E-state index in [-0.39, 0.29) is 0 Å². The van der Waals surface area contributed by atoms with Crippen molar-refractivity contribution in [3.63, 3.8) is 0 Å². The largest absolute Gasteiger partial charge is 0.379 e. The molecule has 1 radical (unpaired) electrons. The molecule has 2 aliphatic heterocycles. The highest BCUT2D eigenvalue weighted by Crippen LogP contribution is 1.98.